The van der Waals surface area contributed by atoms with Crippen molar-refractivity contribution in [3.63, 3.8) is 0 Å². The molecule has 0 spiro atoms. The first-order chi connectivity index (χ1) is 17.0. The predicted molar refractivity (Wildman–Crippen MR) is 128 cm³/mol. The number of hydrogen-bond acceptors (Lipinski definition) is 9. The molecule has 0 saturated carbocycles. The van der Waals surface area contributed by atoms with E-state index < -0.39 is 11.8 Å². The highest BCUT2D eigenvalue weighted by Crippen LogP contribution is 2.33. The third-order valence-corrected chi connectivity index (χ3v) is 6.08. The molecule has 0 atom stereocenters. The average Bonchev–Trinajstić information content (AvgIpc) is 3.36. The monoisotopic (exact) mass is 489 g/mol. The summed E-state index contributed by atoms with van der Waals surface area (Å²) in [5.74, 6) is -0.268. The second kappa shape index (κ2) is 9.51. The number of benzene rings is 2. The molecule has 5 rings (SSSR count). The van der Waals surface area contributed by atoms with E-state index >= 15 is 0 Å². The molecule has 1 aliphatic heterocycles. The summed E-state index contributed by atoms with van der Waals surface area (Å²) in [6, 6.07) is 13.2. The van der Waals surface area contributed by atoms with Crippen molar-refractivity contribution in [2.45, 2.75) is 6.42 Å². The van der Waals surface area contributed by atoms with E-state index in [-0.39, 0.29) is 17.6 Å². The van der Waals surface area contributed by atoms with Gasteiger partial charge in [0.2, 0.25) is 5.88 Å². The summed E-state index contributed by atoms with van der Waals surface area (Å²) >= 11 is 1.04. The number of carbonyl (C=O) groups is 2. The van der Waals surface area contributed by atoms with Crippen LogP contribution in [0.2, 0.25) is 0 Å². The van der Waals surface area contributed by atoms with Crippen LogP contribution in [-0.4, -0.2) is 50.9 Å². The van der Waals surface area contributed by atoms with Crippen LogP contribution in [0.4, 0.5) is 0 Å². The van der Waals surface area contributed by atoms with Crippen LogP contribution >= 0.6 is 11.7 Å². The fourth-order valence-corrected chi connectivity index (χ4v) is 4.36. The summed E-state index contributed by atoms with van der Waals surface area (Å²) in [6.07, 6.45) is 1.60. The first kappa shape index (κ1) is 22.5. The van der Waals surface area contributed by atoms with Gasteiger partial charge in [-0.15, -0.1) is 0 Å². The number of fused-ring (bicyclic) bond motifs is 2. The van der Waals surface area contributed by atoms with Gasteiger partial charge in [0.05, 0.1) is 24.4 Å². The van der Waals surface area contributed by atoms with Crippen LogP contribution in [0, 0.1) is 0 Å². The molecule has 9 nitrogen and oxygen atoms in total. The average molecular weight is 490 g/mol. The van der Waals surface area contributed by atoms with E-state index in [4.69, 9.17) is 14.2 Å². The topological polar surface area (TPSA) is 121 Å². The summed E-state index contributed by atoms with van der Waals surface area (Å²) in [5.41, 5.74) is 2.51. The number of carbonyl (C=O) groups excluding carboxylic acids is 1. The number of carboxylic acids is 1. The molecule has 1 aliphatic rings. The molecule has 0 amide bonds. The van der Waals surface area contributed by atoms with E-state index in [1.807, 2.05) is 0 Å². The minimum Gasteiger partial charge on any atom is -0.486 e. The third kappa shape index (κ3) is 4.56. The van der Waals surface area contributed by atoms with Gasteiger partial charge in [-0.1, -0.05) is 12.1 Å². The van der Waals surface area contributed by atoms with Gasteiger partial charge in [-0.3, -0.25) is 4.79 Å². The smallest absolute Gasteiger partial charge is 0.336 e. The minimum atomic E-state index is -1.23. The molecule has 1 N–H and O–H groups in total. The molecular formula is C25H19N3O6S. The molecule has 0 fully saturated rings. The number of pyridine rings is 1. The van der Waals surface area contributed by atoms with Gasteiger partial charge in [0, 0.05) is 29.8 Å². The molecule has 0 saturated heterocycles. The molecule has 2 aromatic heterocycles. The molecular weight excluding hydrogens is 470 g/mol. The number of ketones is 1. The Hall–Kier alpha value is -4.31. The van der Waals surface area contributed by atoms with Crippen molar-refractivity contribution in [1.82, 2.24) is 13.7 Å². The van der Waals surface area contributed by atoms with Gasteiger partial charge in [-0.25, -0.2) is 9.78 Å². The lowest BCUT2D eigenvalue weighted by Crippen LogP contribution is -2.17. The van der Waals surface area contributed by atoms with Crippen LogP contribution in [0.5, 0.6) is 17.4 Å². The fourth-order valence-electron chi connectivity index (χ4n) is 3.85. The van der Waals surface area contributed by atoms with E-state index in [2.05, 4.69) is 13.7 Å². The zero-order valence-electron chi connectivity index (χ0n) is 18.6. The molecule has 0 aliphatic carbocycles. The molecule has 0 unspecified atom stereocenters. The molecule has 10 heteroatoms. The number of aromatic nitrogens is 3. The summed E-state index contributed by atoms with van der Waals surface area (Å²) < 4.78 is 24.7. The number of Topliss-reactive ketones (excluding diaryl/α,β-unsaturated/α-hetero) is 1. The van der Waals surface area contributed by atoms with Crippen LogP contribution in [-0.2, 0) is 11.2 Å². The second-order valence-corrected chi connectivity index (χ2v) is 8.23. The summed E-state index contributed by atoms with van der Waals surface area (Å²) in [5, 5.41) is 10.2. The Labute approximate surface area is 203 Å². The largest absolute Gasteiger partial charge is 0.486 e. The van der Waals surface area contributed by atoms with Gasteiger partial charge in [0.25, 0.3) is 0 Å². The van der Waals surface area contributed by atoms with Crippen molar-refractivity contribution < 1.29 is 28.9 Å². The molecule has 0 bridgehead atoms. The van der Waals surface area contributed by atoms with Crippen molar-refractivity contribution in [3.8, 4) is 17.4 Å². The van der Waals surface area contributed by atoms with Gasteiger partial charge < -0.3 is 19.3 Å². The fraction of sp³-hybridized carbons (Fsp3) is 0.160. The molecule has 176 valence electrons. The number of carboxylic acid groups (broad SMARTS) is 1. The van der Waals surface area contributed by atoms with Crippen molar-refractivity contribution in [2.24, 2.45) is 0 Å². The van der Waals surface area contributed by atoms with Crippen LogP contribution < -0.4 is 14.2 Å². The standard InChI is InChI=1S/C25H19N3O6S/c1-32-22-7-2-14(13-26-22)10-17(24(29)16-4-6-20-21(12-16)34-9-8-33-20)23(25(30)31)15-3-5-18-19(11-15)28-35-27-18/h2-7,11-13H,8-10H2,1H3,(H,30,31). The highest BCUT2D eigenvalue weighted by molar-refractivity contribution is 7.00. The Balaban J connectivity index is 1.65. The lowest BCUT2D eigenvalue weighted by Gasteiger charge is -2.19. The zero-order chi connectivity index (χ0) is 24.4. The number of rotatable bonds is 7. The van der Waals surface area contributed by atoms with E-state index in [9.17, 15) is 14.7 Å². The lowest BCUT2D eigenvalue weighted by atomic mass is 9.89. The van der Waals surface area contributed by atoms with Crippen molar-refractivity contribution in [2.75, 3.05) is 20.3 Å². The van der Waals surface area contributed by atoms with Gasteiger partial charge in [0.1, 0.15) is 24.2 Å². The predicted octanol–water partition coefficient (Wildman–Crippen LogP) is 3.83. The molecule has 4 aromatic rings. The van der Waals surface area contributed by atoms with Gasteiger partial charge >= 0.3 is 5.97 Å². The number of hydrogen-bond donors (Lipinski definition) is 1. The molecule has 3 heterocycles. The Morgan fingerprint density at radius 3 is 2.49 bits per heavy atom. The van der Waals surface area contributed by atoms with Gasteiger partial charge in [-0.2, -0.15) is 8.75 Å². The Morgan fingerprint density at radius 1 is 0.971 bits per heavy atom. The van der Waals surface area contributed by atoms with E-state index in [1.165, 1.54) is 7.11 Å². The van der Waals surface area contributed by atoms with Crippen LogP contribution in [0.3, 0.4) is 0 Å². The van der Waals surface area contributed by atoms with Crippen LogP contribution in [0.25, 0.3) is 16.6 Å². The first-order valence-electron chi connectivity index (χ1n) is 10.7. The second-order valence-electron chi connectivity index (χ2n) is 7.70. The quantitative estimate of drug-likeness (QED) is 0.305. The number of aliphatic carboxylic acids is 1. The number of methoxy groups -OCH3 is 1. The maximum absolute atomic E-state index is 13.8. The minimum absolute atomic E-state index is 0.0409. The molecule has 35 heavy (non-hydrogen) atoms. The first-order valence-corrected chi connectivity index (χ1v) is 11.4. The third-order valence-electron chi connectivity index (χ3n) is 5.52. The summed E-state index contributed by atoms with van der Waals surface area (Å²) in [4.78, 5) is 30.5. The number of nitrogens with zero attached hydrogens (tertiary/aromatic N) is 3. The van der Waals surface area contributed by atoms with E-state index in [0.29, 0.717) is 58.3 Å². The normalized spacial score (nSPS) is 13.3. The van der Waals surface area contributed by atoms with Gasteiger partial charge in [0.15, 0.2) is 17.3 Å². The maximum atomic E-state index is 13.8. The summed E-state index contributed by atoms with van der Waals surface area (Å²) in [7, 11) is 1.50. The van der Waals surface area contributed by atoms with Crippen molar-refractivity contribution >= 4 is 40.1 Å². The zero-order valence-corrected chi connectivity index (χ0v) is 19.4. The Kier molecular flexibility index (Phi) is 6.11. The highest BCUT2D eigenvalue weighted by atomic mass is 32.1. The highest BCUT2D eigenvalue weighted by Gasteiger charge is 2.26. The molecule has 0 radical (unpaired) electrons. The Bertz CT molecular complexity index is 1460. The van der Waals surface area contributed by atoms with Crippen molar-refractivity contribution in [3.05, 3.63) is 77.0 Å². The Morgan fingerprint density at radius 2 is 1.74 bits per heavy atom. The van der Waals surface area contributed by atoms with Crippen molar-refractivity contribution in [1.29, 1.82) is 0 Å². The van der Waals surface area contributed by atoms with Gasteiger partial charge in [-0.05, 0) is 41.5 Å². The maximum Gasteiger partial charge on any atom is 0.336 e. The lowest BCUT2D eigenvalue weighted by molar-refractivity contribution is -0.130. The number of ether oxygens (including phenoxy) is 3. The molecule has 2 aromatic carbocycles. The van der Waals surface area contributed by atoms with E-state index in [1.54, 1.807) is 54.7 Å². The summed E-state index contributed by atoms with van der Waals surface area (Å²) in [6.45, 7) is 0.792. The van der Waals surface area contributed by atoms with Crippen LogP contribution in [0.1, 0.15) is 21.5 Å². The SMILES string of the molecule is COc1ccc(CC(C(=O)c2ccc3c(c2)OCCO3)=C(C(=O)O)c2ccc3nsnc3c2)cn1. The number of allylic oxidation sites excluding steroid dienone is 1. The van der Waals surface area contributed by atoms with Crippen LogP contribution in [0.15, 0.2) is 60.3 Å². The van der Waals surface area contributed by atoms with E-state index in [0.717, 1.165) is 11.7 Å².